The third-order valence-corrected chi connectivity index (χ3v) is 3.07. The fraction of sp³-hybridized carbons (Fsp3) is 0.308. The molecule has 0 spiro atoms. The Balaban J connectivity index is 2.05. The molecule has 0 atom stereocenters. The molecule has 0 unspecified atom stereocenters. The van der Waals surface area contributed by atoms with E-state index in [1.807, 2.05) is 0 Å². The highest BCUT2D eigenvalue weighted by Crippen LogP contribution is 2.33. The summed E-state index contributed by atoms with van der Waals surface area (Å²) in [6, 6.07) is 2.29. The van der Waals surface area contributed by atoms with Crippen LogP contribution in [0, 0.1) is 6.92 Å². The first-order valence-corrected chi connectivity index (χ1v) is 6.71. The second kappa shape index (κ2) is 6.45. The zero-order chi connectivity index (χ0) is 17.2. The number of likely N-dealkylation sites (N-methyl/N-ethyl adjacent to an activating group) is 1. The lowest BCUT2D eigenvalue weighted by atomic mass is 10.2. The van der Waals surface area contributed by atoms with Crippen molar-refractivity contribution in [2.24, 2.45) is 0 Å². The normalized spacial score (nSPS) is 11.4. The van der Waals surface area contributed by atoms with Gasteiger partial charge in [-0.2, -0.15) is 13.2 Å². The molecule has 2 aromatic heterocycles. The molecule has 0 aliphatic rings. The van der Waals surface area contributed by atoms with Gasteiger partial charge in [0.1, 0.15) is 11.6 Å². The SMILES string of the molecule is Cc1cc(NC(=O)CN(C)c2ncc(C(F)(F)F)cc2Cl)no1. The zero-order valence-corrected chi connectivity index (χ0v) is 12.9. The lowest BCUT2D eigenvalue weighted by molar-refractivity contribution is -0.137. The minimum Gasteiger partial charge on any atom is -0.360 e. The molecule has 0 aliphatic heterocycles. The van der Waals surface area contributed by atoms with Gasteiger partial charge in [0, 0.05) is 19.3 Å². The summed E-state index contributed by atoms with van der Waals surface area (Å²) in [5, 5.41) is 5.88. The Labute approximate surface area is 134 Å². The highest BCUT2D eigenvalue weighted by Gasteiger charge is 2.32. The Kier molecular flexibility index (Phi) is 4.79. The minimum absolute atomic E-state index is 0.0613. The van der Waals surface area contributed by atoms with Gasteiger partial charge >= 0.3 is 6.18 Å². The van der Waals surface area contributed by atoms with Crippen molar-refractivity contribution in [3.63, 3.8) is 0 Å². The monoisotopic (exact) mass is 348 g/mol. The van der Waals surface area contributed by atoms with Crippen LogP contribution >= 0.6 is 11.6 Å². The van der Waals surface area contributed by atoms with Crippen molar-refractivity contribution >= 4 is 29.1 Å². The fourth-order valence-electron chi connectivity index (χ4n) is 1.76. The van der Waals surface area contributed by atoms with Gasteiger partial charge in [0.25, 0.3) is 0 Å². The Bertz CT molecular complexity index is 717. The van der Waals surface area contributed by atoms with Crippen molar-refractivity contribution in [3.8, 4) is 0 Å². The van der Waals surface area contributed by atoms with E-state index in [-0.39, 0.29) is 23.2 Å². The maximum absolute atomic E-state index is 12.6. The number of carbonyl (C=O) groups is 1. The molecule has 2 aromatic rings. The molecule has 23 heavy (non-hydrogen) atoms. The molecule has 1 amide bonds. The average Bonchev–Trinajstić information content (AvgIpc) is 2.82. The van der Waals surface area contributed by atoms with E-state index in [9.17, 15) is 18.0 Å². The topological polar surface area (TPSA) is 71.3 Å². The van der Waals surface area contributed by atoms with E-state index in [0.717, 1.165) is 6.07 Å². The van der Waals surface area contributed by atoms with Gasteiger partial charge in [-0.3, -0.25) is 4.79 Å². The Morgan fingerprint density at radius 2 is 2.13 bits per heavy atom. The van der Waals surface area contributed by atoms with Gasteiger partial charge in [0.05, 0.1) is 17.1 Å². The van der Waals surface area contributed by atoms with E-state index in [2.05, 4.69) is 15.5 Å². The molecular weight excluding hydrogens is 337 g/mol. The van der Waals surface area contributed by atoms with E-state index in [1.165, 1.54) is 18.0 Å². The van der Waals surface area contributed by atoms with Gasteiger partial charge in [-0.1, -0.05) is 16.8 Å². The Hall–Kier alpha value is -2.29. The largest absolute Gasteiger partial charge is 0.417 e. The predicted octanol–water partition coefficient (Wildman–Crippen LogP) is 3.13. The van der Waals surface area contributed by atoms with Gasteiger partial charge in [-0.15, -0.1) is 0 Å². The second-order valence-electron chi connectivity index (χ2n) is 4.75. The molecule has 0 aliphatic carbocycles. The number of aryl methyl sites for hydroxylation is 1. The number of carbonyl (C=O) groups excluding carboxylic acids is 1. The smallest absolute Gasteiger partial charge is 0.360 e. The van der Waals surface area contributed by atoms with Crippen molar-refractivity contribution in [2.45, 2.75) is 13.1 Å². The molecular formula is C13H12ClF3N4O2. The number of nitrogens with zero attached hydrogens (tertiary/aromatic N) is 3. The van der Waals surface area contributed by atoms with Crippen LogP contribution in [0.5, 0.6) is 0 Å². The first kappa shape index (κ1) is 17.1. The molecule has 0 saturated heterocycles. The van der Waals surface area contributed by atoms with Crippen molar-refractivity contribution in [3.05, 3.63) is 34.7 Å². The molecule has 6 nitrogen and oxygen atoms in total. The molecule has 0 bridgehead atoms. The van der Waals surface area contributed by atoms with Crippen LogP contribution in [-0.2, 0) is 11.0 Å². The first-order valence-electron chi connectivity index (χ1n) is 6.34. The van der Waals surface area contributed by atoms with E-state index in [4.69, 9.17) is 16.1 Å². The van der Waals surface area contributed by atoms with E-state index in [1.54, 1.807) is 6.92 Å². The molecule has 0 saturated carbocycles. The number of hydrogen-bond acceptors (Lipinski definition) is 5. The predicted molar refractivity (Wildman–Crippen MR) is 77.4 cm³/mol. The molecule has 1 N–H and O–H groups in total. The molecule has 124 valence electrons. The van der Waals surface area contributed by atoms with E-state index < -0.39 is 17.6 Å². The number of pyridine rings is 1. The van der Waals surface area contributed by atoms with Crippen LogP contribution in [0.2, 0.25) is 5.02 Å². The van der Waals surface area contributed by atoms with Crippen molar-refractivity contribution in [2.75, 3.05) is 23.8 Å². The number of rotatable bonds is 4. The third-order valence-electron chi connectivity index (χ3n) is 2.79. The lowest BCUT2D eigenvalue weighted by Crippen LogP contribution is -2.31. The molecule has 10 heteroatoms. The highest BCUT2D eigenvalue weighted by atomic mass is 35.5. The summed E-state index contributed by atoms with van der Waals surface area (Å²) in [6.45, 7) is 1.49. The molecule has 0 radical (unpaired) electrons. The van der Waals surface area contributed by atoms with Gasteiger partial charge in [-0.05, 0) is 13.0 Å². The number of halogens is 4. The van der Waals surface area contributed by atoms with Crippen LogP contribution in [0.15, 0.2) is 22.9 Å². The second-order valence-corrected chi connectivity index (χ2v) is 5.16. The van der Waals surface area contributed by atoms with Crippen LogP contribution < -0.4 is 10.2 Å². The standard InChI is InChI=1S/C13H12ClF3N4O2/c1-7-3-10(20-23-7)19-11(22)6-21(2)12-9(14)4-8(5-18-12)13(15,16)17/h3-5H,6H2,1-2H3,(H,19,20,22). The number of amides is 1. The van der Waals surface area contributed by atoms with Crippen LogP contribution in [0.4, 0.5) is 24.8 Å². The fourth-order valence-corrected chi connectivity index (χ4v) is 2.08. The van der Waals surface area contributed by atoms with Crippen LogP contribution in [-0.4, -0.2) is 29.6 Å². The van der Waals surface area contributed by atoms with Crippen LogP contribution in [0.1, 0.15) is 11.3 Å². The van der Waals surface area contributed by atoms with E-state index >= 15 is 0 Å². The quantitative estimate of drug-likeness (QED) is 0.919. The minimum atomic E-state index is -4.53. The number of nitrogens with one attached hydrogen (secondary N) is 1. The number of anilines is 2. The molecule has 2 heterocycles. The van der Waals surface area contributed by atoms with Crippen LogP contribution in [0.3, 0.4) is 0 Å². The van der Waals surface area contributed by atoms with Gasteiger partial charge < -0.3 is 14.7 Å². The zero-order valence-electron chi connectivity index (χ0n) is 12.1. The van der Waals surface area contributed by atoms with Gasteiger partial charge in [0.15, 0.2) is 5.82 Å². The Morgan fingerprint density at radius 3 is 2.65 bits per heavy atom. The van der Waals surface area contributed by atoms with Gasteiger partial charge in [-0.25, -0.2) is 4.98 Å². The number of aromatic nitrogens is 2. The molecule has 0 fully saturated rings. The summed E-state index contributed by atoms with van der Waals surface area (Å²) in [4.78, 5) is 16.9. The first-order chi connectivity index (χ1) is 10.7. The summed E-state index contributed by atoms with van der Waals surface area (Å²) >= 11 is 5.81. The Morgan fingerprint density at radius 1 is 1.43 bits per heavy atom. The highest BCUT2D eigenvalue weighted by molar-refractivity contribution is 6.33. The third kappa shape index (κ3) is 4.35. The van der Waals surface area contributed by atoms with E-state index in [0.29, 0.717) is 12.0 Å². The average molecular weight is 349 g/mol. The van der Waals surface area contributed by atoms with Crippen molar-refractivity contribution in [1.29, 1.82) is 0 Å². The van der Waals surface area contributed by atoms with Gasteiger partial charge in [0.2, 0.25) is 5.91 Å². The van der Waals surface area contributed by atoms with Crippen LogP contribution in [0.25, 0.3) is 0 Å². The number of hydrogen-bond donors (Lipinski definition) is 1. The van der Waals surface area contributed by atoms with Crippen molar-refractivity contribution in [1.82, 2.24) is 10.1 Å². The summed E-state index contributed by atoms with van der Waals surface area (Å²) < 4.78 is 42.5. The maximum atomic E-state index is 12.6. The molecule has 0 aromatic carbocycles. The summed E-state index contributed by atoms with van der Waals surface area (Å²) in [6.07, 6.45) is -3.87. The van der Waals surface area contributed by atoms with Crippen molar-refractivity contribution < 1.29 is 22.5 Å². The number of alkyl halides is 3. The summed E-state index contributed by atoms with van der Waals surface area (Å²) in [7, 11) is 1.48. The maximum Gasteiger partial charge on any atom is 0.417 e. The summed E-state index contributed by atoms with van der Waals surface area (Å²) in [5.74, 6) is 0.387. The lowest BCUT2D eigenvalue weighted by Gasteiger charge is -2.19. The molecule has 2 rings (SSSR count). The summed E-state index contributed by atoms with van der Waals surface area (Å²) in [5.41, 5.74) is -0.956.